The highest BCUT2D eigenvalue weighted by atomic mass is 16.5. The minimum atomic E-state index is -1.30. The number of carboxylic acid groups (broad SMARTS) is 1. The van der Waals surface area contributed by atoms with Crippen molar-refractivity contribution in [1.29, 1.82) is 0 Å². The van der Waals surface area contributed by atoms with E-state index in [4.69, 9.17) is 4.74 Å². The fourth-order valence-corrected chi connectivity index (χ4v) is 5.84. The van der Waals surface area contributed by atoms with E-state index in [-0.39, 0.29) is 18.4 Å². The molecule has 5 aromatic rings. The predicted octanol–water partition coefficient (Wildman–Crippen LogP) is 6.66. The minimum Gasteiger partial charge on any atom is -0.494 e. The number of hydrogen-bond acceptors (Lipinski definition) is 8. The Kier molecular flexibility index (Phi) is 13.6. The molecule has 0 fully saturated rings. The van der Waals surface area contributed by atoms with Crippen LogP contribution in [0.15, 0.2) is 97.8 Å². The molecule has 0 spiro atoms. The van der Waals surface area contributed by atoms with Gasteiger partial charge >= 0.3 is 5.97 Å². The first-order valence-corrected chi connectivity index (χ1v) is 18.4. The number of amides is 2. The molecule has 12 heteroatoms. The molecule has 3 N–H and O–H groups in total. The number of carboxylic acids is 1. The van der Waals surface area contributed by atoms with Crippen LogP contribution in [0.4, 0.5) is 0 Å². The standard InChI is InChI=1S/C42H49N7O5/c1-5-6-7-8-9-22-54-35-20-16-30(17-21-35)33-24-44-38(45-25-33)31-12-10-29(11-13-31)23-36(40(51)48-37(41(52)53)26-49-28-43-27-46-49)47-39(50)32-14-18-34(19-15-32)42(2,3)4/h10-21,24-25,27-28,36-37H,5-9,22-23,26H2,1-4H3,(H,47,50)(H,48,51)(H,52,53). The Balaban J connectivity index is 1.25. The molecule has 0 saturated carbocycles. The van der Waals surface area contributed by atoms with E-state index in [2.05, 4.69) is 58.4 Å². The van der Waals surface area contributed by atoms with Crippen molar-refractivity contribution in [3.05, 3.63) is 115 Å². The van der Waals surface area contributed by atoms with Crippen LogP contribution >= 0.6 is 0 Å². The van der Waals surface area contributed by atoms with E-state index in [0.717, 1.165) is 40.0 Å². The van der Waals surface area contributed by atoms with Crippen LogP contribution in [-0.2, 0) is 28.0 Å². The van der Waals surface area contributed by atoms with Crippen molar-refractivity contribution < 1.29 is 24.2 Å². The lowest BCUT2D eigenvalue weighted by atomic mass is 9.86. The number of rotatable bonds is 18. The number of nitrogens with zero attached hydrogens (tertiary/aromatic N) is 5. The van der Waals surface area contributed by atoms with Gasteiger partial charge in [0.15, 0.2) is 5.82 Å². The molecule has 0 saturated heterocycles. The number of carbonyl (C=O) groups excluding carboxylic acids is 2. The molecule has 12 nitrogen and oxygen atoms in total. The monoisotopic (exact) mass is 731 g/mol. The molecular weight excluding hydrogens is 683 g/mol. The summed E-state index contributed by atoms with van der Waals surface area (Å²) in [7, 11) is 0. The third kappa shape index (κ3) is 11.3. The molecule has 2 aromatic heterocycles. The van der Waals surface area contributed by atoms with Crippen molar-refractivity contribution in [2.45, 2.75) is 90.3 Å². The topological polar surface area (TPSA) is 161 Å². The lowest BCUT2D eigenvalue weighted by Gasteiger charge is -2.22. The van der Waals surface area contributed by atoms with Crippen LogP contribution < -0.4 is 15.4 Å². The lowest BCUT2D eigenvalue weighted by Crippen LogP contribution is -2.53. The Bertz CT molecular complexity index is 1940. The van der Waals surface area contributed by atoms with Gasteiger partial charge in [-0.3, -0.25) is 14.3 Å². The largest absolute Gasteiger partial charge is 0.494 e. The summed E-state index contributed by atoms with van der Waals surface area (Å²) in [6.07, 6.45) is 12.3. The van der Waals surface area contributed by atoms with Crippen LogP contribution in [-0.4, -0.2) is 66.3 Å². The third-order valence-corrected chi connectivity index (χ3v) is 9.09. The first-order chi connectivity index (χ1) is 26.0. The van der Waals surface area contributed by atoms with E-state index in [9.17, 15) is 19.5 Å². The number of aliphatic carboxylic acids is 1. The van der Waals surface area contributed by atoms with Gasteiger partial charge in [0.05, 0.1) is 13.2 Å². The van der Waals surface area contributed by atoms with Crippen molar-refractivity contribution >= 4 is 17.8 Å². The van der Waals surface area contributed by atoms with Crippen LogP contribution in [0.2, 0.25) is 0 Å². The predicted molar refractivity (Wildman–Crippen MR) is 207 cm³/mol. The Morgan fingerprint density at radius 3 is 2.07 bits per heavy atom. The number of benzene rings is 3. The first-order valence-electron chi connectivity index (χ1n) is 18.4. The summed E-state index contributed by atoms with van der Waals surface area (Å²) >= 11 is 0. The van der Waals surface area contributed by atoms with Crippen molar-refractivity contribution in [2.75, 3.05) is 6.61 Å². The highest BCUT2D eigenvalue weighted by Crippen LogP contribution is 2.25. The van der Waals surface area contributed by atoms with E-state index >= 15 is 0 Å². The summed E-state index contributed by atoms with van der Waals surface area (Å²) in [5, 5.41) is 19.2. The van der Waals surface area contributed by atoms with Crippen LogP contribution in [0, 0.1) is 0 Å². The molecule has 282 valence electrons. The van der Waals surface area contributed by atoms with Crippen LogP contribution in [0.1, 0.15) is 81.3 Å². The average Bonchev–Trinajstić information content (AvgIpc) is 3.69. The summed E-state index contributed by atoms with van der Waals surface area (Å²) in [5.41, 5.74) is 4.72. The van der Waals surface area contributed by atoms with Gasteiger partial charge in [-0.1, -0.05) is 102 Å². The van der Waals surface area contributed by atoms with E-state index < -0.39 is 29.9 Å². The second-order valence-corrected chi connectivity index (χ2v) is 14.4. The van der Waals surface area contributed by atoms with Gasteiger partial charge in [0.2, 0.25) is 5.91 Å². The molecular formula is C42H49N7O5. The second-order valence-electron chi connectivity index (χ2n) is 14.4. The molecule has 0 aliphatic carbocycles. The minimum absolute atomic E-state index is 0.0959. The zero-order valence-electron chi connectivity index (χ0n) is 31.4. The summed E-state index contributed by atoms with van der Waals surface area (Å²) in [4.78, 5) is 52.1. The Labute approximate surface area is 316 Å². The van der Waals surface area contributed by atoms with Crippen LogP contribution in [0.25, 0.3) is 22.5 Å². The summed E-state index contributed by atoms with van der Waals surface area (Å²) in [6.45, 7) is 9.04. The fraction of sp³-hybridized carbons (Fsp3) is 0.357. The molecule has 0 aliphatic heterocycles. The average molecular weight is 732 g/mol. The van der Waals surface area contributed by atoms with Gasteiger partial charge in [-0.25, -0.2) is 19.7 Å². The smallest absolute Gasteiger partial charge is 0.328 e. The van der Waals surface area contributed by atoms with E-state index in [1.165, 1.54) is 43.0 Å². The van der Waals surface area contributed by atoms with E-state index in [1.807, 2.05) is 60.7 Å². The van der Waals surface area contributed by atoms with Crippen molar-refractivity contribution in [3.8, 4) is 28.3 Å². The lowest BCUT2D eigenvalue weighted by molar-refractivity contribution is -0.142. The molecule has 5 rings (SSSR count). The number of unbranched alkanes of at least 4 members (excludes halogenated alkanes) is 4. The maximum atomic E-state index is 13.6. The number of aromatic nitrogens is 5. The van der Waals surface area contributed by atoms with Crippen LogP contribution in [0.3, 0.4) is 0 Å². The fourth-order valence-electron chi connectivity index (χ4n) is 5.84. The van der Waals surface area contributed by atoms with Gasteiger partial charge < -0.3 is 20.5 Å². The van der Waals surface area contributed by atoms with Crippen molar-refractivity contribution in [3.63, 3.8) is 0 Å². The highest BCUT2D eigenvalue weighted by molar-refractivity contribution is 5.98. The van der Waals surface area contributed by atoms with Gasteiger partial charge in [0.1, 0.15) is 30.5 Å². The zero-order valence-corrected chi connectivity index (χ0v) is 31.4. The van der Waals surface area contributed by atoms with E-state index in [0.29, 0.717) is 18.0 Å². The molecule has 2 heterocycles. The maximum Gasteiger partial charge on any atom is 0.328 e. The Hall–Kier alpha value is -5.91. The molecule has 0 radical (unpaired) electrons. The number of carbonyl (C=O) groups is 3. The zero-order chi connectivity index (χ0) is 38.5. The molecule has 2 unspecified atom stereocenters. The number of ether oxygens (including phenoxy) is 1. The summed E-state index contributed by atoms with van der Waals surface area (Å²) in [6, 6.07) is 20.1. The number of nitrogens with one attached hydrogen (secondary N) is 2. The van der Waals surface area contributed by atoms with E-state index in [1.54, 1.807) is 24.5 Å². The third-order valence-electron chi connectivity index (χ3n) is 9.09. The maximum absolute atomic E-state index is 13.6. The first kappa shape index (κ1) is 39.3. The SMILES string of the molecule is CCCCCCCOc1ccc(-c2cnc(-c3ccc(CC(NC(=O)c4ccc(C(C)(C)C)cc4)C(=O)NC(Cn4cncn4)C(=O)O)cc3)nc2)cc1. The summed E-state index contributed by atoms with van der Waals surface area (Å²) < 4.78 is 7.21. The molecule has 2 amide bonds. The van der Waals surface area contributed by atoms with Crippen molar-refractivity contribution in [1.82, 2.24) is 35.4 Å². The molecule has 0 bridgehead atoms. The van der Waals surface area contributed by atoms with Gasteiger partial charge in [-0.05, 0) is 52.8 Å². The normalized spacial score (nSPS) is 12.4. The van der Waals surface area contributed by atoms with Gasteiger partial charge in [0, 0.05) is 35.5 Å². The van der Waals surface area contributed by atoms with Gasteiger partial charge in [0.25, 0.3) is 5.91 Å². The van der Waals surface area contributed by atoms with Gasteiger partial charge in [-0.2, -0.15) is 5.10 Å². The molecule has 2 atom stereocenters. The van der Waals surface area contributed by atoms with Gasteiger partial charge in [-0.15, -0.1) is 0 Å². The molecule has 3 aromatic carbocycles. The molecule has 0 aliphatic rings. The number of hydrogen-bond donors (Lipinski definition) is 3. The molecule has 54 heavy (non-hydrogen) atoms. The second kappa shape index (κ2) is 18.7. The Morgan fingerprint density at radius 2 is 1.46 bits per heavy atom. The van der Waals surface area contributed by atoms with Crippen molar-refractivity contribution in [2.24, 2.45) is 0 Å². The summed E-state index contributed by atoms with van der Waals surface area (Å²) in [5.74, 6) is -0.968. The quantitative estimate of drug-likeness (QED) is 0.0838. The van der Waals surface area contributed by atoms with Crippen LogP contribution in [0.5, 0.6) is 5.75 Å². The highest BCUT2D eigenvalue weighted by Gasteiger charge is 2.28. The Morgan fingerprint density at radius 1 is 0.796 bits per heavy atom.